The molecule has 0 unspecified atom stereocenters. The first-order chi connectivity index (χ1) is 7.40. The minimum atomic E-state index is 0.146. The Morgan fingerprint density at radius 3 is 3.13 bits per heavy atom. The van der Waals surface area contributed by atoms with Gasteiger partial charge in [0.15, 0.2) is 0 Å². The molecule has 1 saturated heterocycles. The van der Waals surface area contributed by atoms with Crippen molar-refractivity contribution in [2.45, 2.75) is 37.9 Å². The first-order valence-corrected chi connectivity index (χ1v) is 5.70. The van der Waals surface area contributed by atoms with E-state index >= 15 is 0 Å². The van der Waals surface area contributed by atoms with Gasteiger partial charge in [0.2, 0.25) is 0 Å². The van der Waals surface area contributed by atoms with E-state index in [0.717, 1.165) is 19.5 Å². The summed E-state index contributed by atoms with van der Waals surface area (Å²) in [5.74, 6) is 0. The van der Waals surface area contributed by atoms with E-state index in [9.17, 15) is 0 Å². The Hall–Kier alpha value is -1.27. The third-order valence-electron chi connectivity index (χ3n) is 3.71. The second-order valence-corrected chi connectivity index (χ2v) is 4.46. The van der Waals surface area contributed by atoms with Crippen LogP contribution in [-0.2, 0) is 6.54 Å². The van der Waals surface area contributed by atoms with E-state index in [1.165, 1.54) is 18.5 Å². The molecule has 1 fully saturated rings. The summed E-state index contributed by atoms with van der Waals surface area (Å²) in [4.78, 5) is 2.39. The predicted molar refractivity (Wildman–Crippen MR) is 57.1 cm³/mol. The molecule has 2 aliphatic heterocycles. The van der Waals surface area contributed by atoms with E-state index in [-0.39, 0.29) is 6.04 Å². The average Bonchev–Trinajstić information content (AvgIpc) is 2.76. The zero-order valence-corrected chi connectivity index (χ0v) is 8.76. The smallest absolute Gasteiger partial charge is 0.0984 e. The van der Waals surface area contributed by atoms with Gasteiger partial charge in [-0.25, -0.2) is 0 Å². The number of nitrogens with zero attached hydrogens (tertiary/aromatic N) is 3. The van der Waals surface area contributed by atoms with Gasteiger partial charge in [0.1, 0.15) is 0 Å². The lowest BCUT2D eigenvalue weighted by molar-refractivity contribution is 0.0832. The van der Waals surface area contributed by atoms with Crippen molar-refractivity contribution in [3.8, 4) is 6.07 Å². The van der Waals surface area contributed by atoms with Crippen LogP contribution in [0.3, 0.4) is 0 Å². The van der Waals surface area contributed by atoms with Crippen molar-refractivity contribution in [2.75, 3.05) is 6.54 Å². The number of hydrogen-bond acceptors (Lipinski definition) is 2. The van der Waals surface area contributed by atoms with Crippen LogP contribution in [0.15, 0.2) is 18.3 Å². The fraction of sp³-hybridized carbons (Fsp3) is 0.583. The molecule has 15 heavy (non-hydrogen) atoms. The molecule has 1 aromatic rings. The molecule has 0 saturated carbocycles. The zero-order valence-electron chi connectivity index (χ0n) is 8.76. The van der Waals surface area contributed by atoms with Crippen LogP contribution in [0.4, 0.5) is 0 Å². The molecule has 0 N–H and O–H groups in total. The van der Waals surface area contributed by atoms with Crippen molar-refractivity contribution in [3.63, 3.8) is 0 Å². The molecule has 0 aliphatic carbocycles. The number of nitriles is 1. The van der Waals surface area contributed by atoms with Crippen molar-refractivity contribution in [1.29, 1.82) is 5.26 Å². The molecule has 2 atom stereocenters. The second-order valence-electron chi connectivity index (χ2n) is 4.46. The standard InChI is InChI=1S/C12H15N3/c13-9-10-3-1-4-12-11-5-2-6-14(11)7-8-15(10)12/h2,5-6,10,12H,1,3-4,7-8H2/t10-,12-/m1/s1. The quantitative estimate of drug-likeness (QED) is 0.642. The molecular formula is C12H15N3. The van der Waals surface area contributed by atoms with Crippen LogP contribution in [-0.4, -0.2) is 22.1 Å². The molecule has 0 spiro atoms. The van der Waals surface area contributed by atoms with Crippen LogP contribution in [0.5, 0.6) is 0 Å². The Morgan fingerprint density at radius 1 is 1.33 bits per heavy atom. The summed E-state index contributed by atoms with van der Waals surface area (Å²) in [7, 11) is 0. The zero-order chi connectivity index (χ0) is 10.3. The monoisotopic (exact) mass is 201 g/mol. The lowest BCUT2D eigenvalue weighted by Gasteiger charge is -2.42. The van der Waals surface area contributed by atoms with Crippen LogP contribution in [0.1, 0.15) is 31.0 Å². The van der Waals surface area contributed by atoms with Gasteiger partial charge in [-0.2, -0.15) is 5.26 Å². The second kappa shape index (κ2) is 3.39. The maximum atomic E-state index is 9.13. The molecule has 2 aliphatic rings. The highest BCUT2D eigenvalue weighted by molar-refractivity contribution is 5.17. The molecule has 0 aromatic carbocycles. The van der Waals surface area contributed by atoms with Gasteiger partial charge >= 0.3 is 0 Å². The third-order valence-corrected chi connectivity index (χ3v) is 3.71. The Kier molecular flexibility index (Phi) is 2.03. The summed E-state index contributed by atoms with van der Waals surface area (Å²) in [5.41, 5.74) is 1.40. The summed E-state index contributed by atoms with van der Waals surface area (Å²) >= 11 is 0. The Bertz CT molecular complexity index is 401. The highest BCUT2D eigenvalue weighted by atomic mass is 15.3. The van der Waals surface area contributed by atoms with Gasteiger partial charge in [0.05, 0.1) is 18.2 Å². The molecule has 3 rings (SSSR count). The van der Waals surface area contributed by atoms with Crippen molar-refractivity contribution in [3.05, 3.63) is 24.0 Å². The summed E-state index contributed by atoms with van der Waals surface area (Å²) in [6.07, 6.45) is 5.60. The van der Waals surface area contributed by atoms with Crippen molar-refractivity contribution in [1.82, 2.24) is 9.47 Å². The highest BCUT2D eigenvalue weighted by Crippen LogP contribution is 2.36. The first-order valence-electron chi connectivity index (χ1n) is 5.70. The van der Waals surface area contributed by atoms with E-state index in [1.807, 2.05) is 0 Å². The molecule has 3 nitrogen and oxygen atoms in total. The van der Waals surface area contributed by atoms with Crippen LogP contribution >= 0.6 is 0 Å². The van der Waals surface area contributed by atoms with Crippen LogP contribution < -0.4 is 0 Å². The van der Waals surface area contributed by atoms with Crippen molar-refractivity contribution < 1.29 is 0 Å². The molecule has 78 valence electrons. The summed E-state index contributed by atoms with van der Waals surface area (Å²) in [6, 6.07) is 7.41. The fourth-order valence-corrected chi connectivity index (χ4v) is 2.98. The summed E-state index contributed by atoms with van der Waals surface area (Å²) in [6.45, 7) is 2.07. The minimum absolute atomic E-state index is 0.146. The topological polar surface area (TPSA) is 32.0 Å². The molecule has 0 radical (unpaired) electrons. The van der Waals surface area contributed by atoms with Gasteiger partial charge in [-0.15, -0.1) is 0 Å². The largest absolute Gasteiger partial charge is 0.349 e. The highest BCUT2D eigenvalue weighted by Gasteiger charge is 2.35. The maximum Gasteiger partial charge on any atom is 0.0984 e. The predicted octanol–water partition coefficient (Wildman–Crippen LogP) is 1.92. The third kappa shape index (κ3) is 1.29. The number of piperidine rings is 1. The van der Waals surface area contributed by atoms with E-state index in [4.69, 9.17) is 5.26 Å². The summed E-state index contributed by atoms with van der Waals surface area (Å²) < 4.78 is 2.33. The van der Waals surface area contributed by atoms with E-state index in [0.29, 0.717) is 6.04 Å². The molecule has 3 heteroatoms. The molecule has 0 amide bonds. The molecular weight excluding hydrogens is 186 g/mol. The van der Waals surface area contributed by atoms with Crippen molar-refractivity contribution >= 4 is 0 Å². The number of hydrogen-bond donors (Lipinski definition) is 0. The molecule has 0 bridgehead atoms. The number of rotatable bonds is 0. The Balaban J connectivity index is 1.96. The van der Waals surface area contributed by atoms with E-state index < -0.39 is 0 Å². The van der Waals surface area contributed by atoms with Crippen LogP contribution in [0, 0.1) is 11.3 Å². The minimum Gasteiger partial charge on any atom is -0.349 e. The lowest BCUT2D eigenvalue weighted by atomic mass is 9.93. The lowest BCUT2D eigenvalue weighted by Crippen LogP contribution is -2.46. The Labute approximate surface area is 89.9 Å². The van der Waals surface area contributed by atoms with Crippen molar-refractivity contribution in [2.24, 2.45) is 0 Å². The molecule has 1 aromatic heterocycles. The first kappa shape index (κ1) is 8.99. The SMILES string of the molecule is N#C[C@H]1CCC[C@@H]2c3cccn3CCN21. The number of fused-ring (bicyclic) bond motifs is 3. The van der Waals surface area contributed by atoms with E-state index in [2.05, 4.69) is 33.9 Å². The van der Waals surface area contributed by atoms with Gasteiger partial charge in [-0.1, -0.05) is 0 Å². The van der Waals surface area contributed by atoms with E-state index in [1.54, 1.807) is 0 Å². The maximum absolute atomic E-state index is 9.13. The fourth-order valence-electron chi connectivity index (χ4n) is 2.98. The van der Waals surface area contributed by atoms with Crippen LogP contribution in [0.25, 0.3) is 0 Å². The Morgan fingerprint density at radius 2 is 2.27 bits per heavy atom. The summed E-state index contributed by atoms with van der Waals surface area (Å²) in [5, 5.41) is 9.13. The number of aromatic nitrogens is 1. The molecule has 3 heterocycles. The van der Waals surface area contributed by atoms with Gasteiger partial charge in [-0.3, -0.25) is 4.90 Å². The van der Waals surface area contributed by atoms with Gasteiger partial charge in [-0.05, 0) is 31.4 Å². The van der Waals surface area contributed by atoms with Gasteiger partial charge in [0, 0.05) is 25.0 Å². The average molecular weight is 201 g/mol. The van der Waals surface area contributed by atoms with Crippen LogP contribution in [0.2, 0.25) is 0 Å². The van der Waals surface area contributed by atoms with Gasteiger partial charge < -0.3 is 4.57 Å². The van der Waals surface area contributed by atoms with Gasteiger partial charge in [0.25, 0.3) is 0 Å². The normalized spacial score (nSPS) is 30.3.